The van der Waals surface area contributed by atoms with Gasteiger partial charge in [-0.05, 0) is 30.9 Å². The Morgan fingerprint density at radius 1 is 1.22 bits per heavy atom. The Morgan fingerprint density at radius 3 is 2.78 bits per heavy atom. The molecule has 1 saturated carbocycles. The lowest BCUT2D eigenvalue weighted by molar-refractivity contribution is -0.183. The third-order valence-corrected chi connectivity index (χ3v) is 4.83. The zero-order chi connectivity index (χ0) is 16.4. The van der Waals surface area contributed by atoms with E-state index in [0.29, 0.717) is 25.9 Å². The Morgan fingerprint density at radius 2 is 2.00 bits per heavy atom. The van der Waals surface area contributed by atoms with E-state index in [-0.39, 0.29) is 24.8 Å². The third kappa shape index (κ3) is 3.68. The summed E-state index contributed by atoms with van der Waals surface area (Å²) >= 11 is 0. The minimum absolute atomic E-state index is 0.0600. The van der Waals surface area contributed by atoms with Crippen molar-refractivity contribution in [1.82, 2.24) is 5.32 Å². The number of rotatable bonds is 4. The van der Waals surface area contributed by atoms with Crippen LogP contribution in [0.15, 0.2) is 24.3 Å². The van der Waals surface area contributed by atoms with Gasteiger partial charge < -0.3 is 10.2 Å². The lowest BCUT2D eigenvalue weighted by atomic mass is 9.85. The van der Waals surface area contributed by atoms with Crippen molar-refractivity contribution in [3.63, 3.8) is 0 Å². The number of carbonyl (C=O) groups is 1. The van der Waals surface area contributed by atoms with E-state index in [4.69, 9.17) is 0 Å². The van der Waals surface area contributed by atoms with Crippen LogP contribution in [0.2, 0.25) is 0 Å². The predicted octanol–water partition coefficient (Wildman–Crippen LogP) is 3.29. The molecular weight excluding hydrogens is 305 g/mol. The Balaban J connectivity index is 1.51. The maximum atomic E-state index is 12.8. The molecule has 1 amide bonds. The molecule has 3 nitrogen and oxygen atoms in total. The van der Waals surface area contributed by atoms with Crippen molar-refractivity contribution in [3.8, 4) is 0 Å². The van der Waals surface area contributed by atoms with E-state index in [1.165, 1.54) is 0 Å². The summed E-state index contributed by atoms with van der Waals surface area (Å²) in [5.74, 6) is -1.13. The summed E-state index contributed by atoms with van der Waals surface area (Å²) in [4.78, 5) is 13.8. The molecule has 6 heteroatoms. The Labute approximate surface area is 133 Å². The molecule has 1 heterocycles. The molecule has 0 spiro atoms. The van der Waals surface area contributed by atoms with Crippen LogP contribution < -0.4 is 10.2 Å². The fourth-order valence-corrected chi connectivity index (χ4v) is 3.61. The summed E-state index contributed by atoms with van der Waals surface area (Å²) in [6.07, 6.45) is -1.92. The van der Waals surface area contributed by atoms with E-state index in [1.54, 1.807) is 4.90 Å². The van der Waals surface area contributed by atoms with E-state index < -0.39 is 12.1 Å². The van der Waals surface area contributed by atoms with E-state index in [9.17, 15) is 18.0 Å². The van der Waals surface area contributed by atoms with Crippen LogP contribution in [-0.4, -0.2) is 31.2 Å². The number of benzene rings is 1. The molecule has 1 aromatic carbocycles. The highest BCUT2D eigenvalue weighted by molar-refractivity contribution is 6.01. The van der Waals surface area contributed by atoms with Crippen LogP contribution in [0, 0.1) is 5.92 Å². The summed E-state index contributed by atoms with van der Waals surface area (Å²) in [7, 11) is 0. The summed E-state index contributed by atoms with van der Waals surface area (Å²) < 4.78 is 38.5. The van der Waals surface area contributed by atoms with Crippen LogP contribution in [0.3, 0.4) is 0 Å². The minimum atomic E-state index is -4.09. The fraction of sp³-hybridized carbons (Fsp3) is 0.588. The highest BCUT2D eigenvalue weighted by Crippen LogP contribution is 2.37. The van der Waals surface area contributed by atoms with E-state index in [1.807, 2.05) is 24.3 Å². The van der Waals surface area contributed by atoms with Gasteiger partial charge in [-0.3, -0.25) is 4.79 Å². The number of halogens is 3. The number of carbonyl (C=O) groups excluding carboxylic acids is 1. The van der Waals surface area contributed by atoms with Crippen molar-refractivity contribution in [2.75, 3.05) is 18.0 Å². The summed E-state index contributed by atoms with van der Waals surface area (Å²) in [5.41, 5.74) is 1.95. The number of nitrogens with one attached hydrogen (secondary N) is 1. The quantitative estimate of drug-likeness (QED) is 0.921. The zero-order valence-corrected chi connectivity index (χ0v) is 12.9. The second kappa shape index (κ2) is 6.51. The fourth-order valence-electron chi connectivity index (χ4n) is 3.61. The van der Waals surface area contributed by atoms with Crippen LogP contribution in [0.4, 0.5) is 18.9 Å². The molecule has 0 bridgehead atoms. The first-order valence-corrected chi connectivity index (χ1v) is 8.13. The zero-order valence-electron chi connectivity index (χ0n) is 12.9. The molecule has 1 aliphatic carbocycles. The molecule has 1 aliphatic heterocycles. The van der Waals surface area contributed by atoms with Crippen molar-refractivity contribution in [1.29, 1.82) is 0 Å². The van der Waals surface area contributed by atoms with Gasteiger partial charge in [-0.1, -0.05) is 24.6 Å². The standard InChI is InChI=1S/C17H21F3N2O/c18-17(19,20)13-5-3-6-14(11-13)21-8-9-22-15-7-2-1-4-12(15)10-16(22)23/h1-2,4,7,13-14,21H,3,5-6,8-11H2/t13-,14-/m1/s1. The van der Waals surface area contributed by atoms with Crippen molar-refractivity contribution in [3.05, 3.63) is 29.8 Å². The number of hydrogen-bond acceptors (Lipinski definition) is 2. The monoisotopic (exact) mass is 326 g/mol. The lowest BCUT2D eigenvalue weighted by Crippen LogP contribution is -2.42. The Bertz CT molecular complexity index is 573. The summed E-state index contributed by atoms with van der Waals surface area (Å²) in [6.45, 7) is 1.03. The predicted molar refractivity (Wildman–Crippen MR) is 82.3 cm³/mol. The Kier molecular flexibility index (Phi) is 4.62. The van der Waals surface area contributed by atoms with E-state index >= 15 is 0 Å². The number of para-hydroxylation sites is 1. The average molecular weight is 326 g/mol. The highest BCUT2D eigenvalue weighted by atomic mass is 19.4. The molecule has 0 aromatic heterocycles. The van der Waals surface area contributed by atoms with Crippen LogP contribution in [0.1, 0.15) is 31.2 Å². The molecule has 126 valence electrons. The number of amides is 1. The molecule has 23 heavy (non-hydrogen) atoms. The minimum Gasteiger partial charge on any atom is -0.312 e. The second-order valence-electron chi connectivity index (χ2n) is 6.41. The maximum absolute atomic E-state index is 12.8. The topological polar surface area (TPSA) is 32.3 Å². The third-order valence-electron chi connectivity index (χ3n) is 4.83. The van der Waals surface area contributed by atoms with Gasteiger partial charge in [0.25, 0.3) is 0 Å². The molecule has 3 rings (SSSR count). The molecule has 1 N–H and O–H groups in total. The van der Waals surface area contributed by atoms with Gasteiger partial charge in [0.15, 0.2) is 0 Å². The highest BCUT2D eigenvalue weighted by Gasteiger charge is 2.42. The molecule has 0 radical (unpaired) electrons. The van der Waals surface area contributed by atoms with Crippen LogP contribution in [-0.2, 0) is 11.2 Å². The Hall–Kier alpha value is -1.56. The first kappa shape index (κ1) is 16.3. The molecule has 1 aromatic rings. The first-order chi connectivity index (χ1) is 10.9. The smallest absolute Gasteiger partial charge is 0.312 e. The van der Waals surface area contributed by atoms with Crippen LogP contribution in [0.25, 0.3) is 0 Å². The molecule has 0 unspecified atom stereocenters. The molecule has 2 aliphatic rings. The van der Waals surface area contributed by atoms with E-state index in [0.717, 1.165) is 17.7 Å². The number of alkyl halides is 3. The van der Waals surface area contributed by atoms with Crippen molar-refractivity contribution in [2.45, 2.75) is 44.3 Å². The average Bonchev–Trinajstić information content (AvgIpc) is 2.83. The SMILES string of the molecule is O=C1Cc2ccccc2N1CCN[C@@H]1CCC[C@@H](C(F)(F)F)C1. The van der Waals surface area contributed by atoms with Crippen LogP contribution >= 0.6 is 0 Å². The van der Waals surface area contributed by atoms with Gasteiger partial charge in [-0.2, -0.15) is 13.2 Å². The number of hydrogen-bond donors (Lipinski definition) is 1. The first-order valence-electron chi connectivity index (χ1n) is 8.13. The second-order valence-corrected chi connectivity index (χ2v) is 6.41. The van der Waals surface area contributed by atoms with Gasteiger partial charge in [-0.25, -0.2) is 0 Å². The number of nitrogens with zero attached hydrogens (tertiary/aromatic N) is 1. The summed E-state index contributed by atoms with van der Waals surface area (Å²) in [5, 5.41) is 3.21. The van der Waals surface area contributed by atoms with Gasteiger partial charge in [0.05, 0.1) is 12.3 Å². The molecular formula is C17H21F3N2O. The van der Waals surface area contributed by atoms with Crippen molar-refractivity contribution < 1.29 is 18.0 Å². The number of anilines is 1. The molecule has 0 saturated heterocycles. The van der Waals surface area contributed by atoms with Gasteiger partial charge in [0.1, 0.15) is 0 Å². The normalized spacial score (nSPS) is 24.8. The largest absolute Gasteiger partial charge is 0.391 e. The molecule has 1 fully saturated rings. The van der Waals surface area contributed by atoms with Gasteiger partial charge in [0.2, 0.25) is 5.91 Å². The van der Waals surface area contributed by atoms with E-state index in [2.05, 4.69) is 5.32 Å². The van der Waals surface area contributed by atoms with Gasteiger partial charge in [0, 0.05) is 24.8 Å². The van der Waals surface area contributed by atoms with Gasteiger partial charge >= 0.3 is 6.18 Å². The summed E-state index contributed by atoms with van der Waals surface area (Å²) in [6, 6.07) is 7.56. The number of fused-ring (bicyclic) bond motifs is 1. The van der Waals surface area contributed by atoms with Crippen molar-refractivity contribution >= 4 is 11.6 Å². The maximum Gasteiger partial charge on any atom is 0.391 e. The van der Waals surface area contributed by atoms with Gasteiger partial charge in [-0.15, -0.1) is 0 Å². The van der Waals surface area contributed by atoms with Crippen molar-refractivity contribution in [2.24, 2.45) is 5.92 Å². The lowest BCUT2D eigenvalue weighted by Gasteiger charge is -2.31. The van der Waals surface area contributed by atoms with Crippen LogP contribution in [0.5, 0.6) is 0 Å². The molecule has 2 atom stereocenters.